The van der Waals surface area contributed by atoms with Crippen molar-refractivity contribution in [2.24, 2.45) is 0 Å². The van der Waals surface area contributed by atoms with Crippen molar-refractivity contribution in [1.29, 1.82) is 0 Å². The van der Waals surface area contributed by atoms with Gasteiger partial charge in [0.05, 0.1) is 5.41 Å². The molecule has 0 bridgehead atoms. The Hall–Kier alpha value is -7.16. The molecule has 0 unspecified atom stereocenters. The molecule has 10 aromatic carbocycles. The van der Waals surface area contributed by atoms with Crippen molar-refractivity contribution in [3.63, 3.8) is 0 Å². The maximum Gasteiger partial charge on any atom is 0.121 e. The van der Waals surface area contributed by atoms with E-state index in [1.807, 2.05) is 48.5 Å². The maximum absolute atomic E-state index is 12.6. The molecule has 258 valence electrons. The highest BCUT2D eigenvalue weighted by molar-refractivity contribution is 6.11. The third kappa shape index (κ3) is 4.37. The number of hydrogen-bond donors (Lipinski definition) is 2. The number of benzene rings is 10. The first-order valence-electron chi connectivity index (χ1n) is 18.8. The van der Waals surface area contributed by atoms with Crippen LogP contribution in [0.15, 0.2) is 194 Å². The van der Waals surface area contributed by atoms with Gasteiger partial charge in [0, 0.05) is 11.1 Å². The second-order valence-electron chi connectivity index (χ2n) is 14.6. The summed E-state index contributed by atoms with van der Waals surface area (Å²) in [7, 11) is 0. The highest BCUT2D eigenvalue weighted by Gasteiger charge is 2.52. The van der Waals surface area contributed by atoms with E-state index in [0.29, 0.717) is 0 Å². The van der Waals surface area contributed by atoms with Gasteiger partial charge >= 0.3 is 0 Å². The smallest absolute Gasteiger partial charge is 0.121 e. The lowest BCUT2D eigenvalue weighted by molar-refractivity contribution is 0.451. The second kappa shape index (κ2) is 11.9. The average molecular weight is 703 g/mol. The number of aromatic hydroxyl groups is 2. The second-order valence-corrected chi connectivity index (χ2v) is 14.6. The first-order valence-corrected chi connectivity index (χ1v) is 18.8. The van der Waals surface area contributed by atoms with Crippen LogP contribution in [0.2, 0.25) is 0 Å². The van der Waals surface area contributed by atoms with Crippen LogP contribution in [0.5, 0.6) is 11.5 Å². The topological polar surface area (TPSA) is 40.5 Å². The molecule has 0 saturated carbocycles. The number of phenols is 2. The summed E-state index contributed by atoms with van der Waals surface area (Å²) in [6.45, 7) is 0. The fourth-order valence-corrected chi connectivity index (χ4v) is 9.76. The van der Waals surface area contributed by atoms with Gasteiger partial charge in [0.1, 0.15) is 11.5 Å². The van der Waals surface area contributed by atoms with Crippen molar-refractivity contribution in [3.8, 4) is 44.9 Å². The SMILES string of the molecule is Oc1ccc2ccccc2c1C1(c2c(O)ccc3ccccc23)c2ccccc2-c2ccc(-c3cccc4ccccc34)c(-c3cccc4ccccc34)c21. The van der Waals surface area contributed by atoms with Crippen molar-refractivity contribution in [3.05, 3.63) is 216 Å². The van der Waals surface area contributed by atoms with Gasteiger partial charge in [0.15, 0.2) is 0 Å². The highest BCUT2D eigenvalue weighted by atomic mass is 16.3. The predicted molar refractivity (Wildman–Crippen MR) is 228 cm³/mol. The minimum Gasteiger partial charge on any atom is -0.508 e. The number of rotatable bonds is 4. The van der Waals surface area contributed by atoms with E-state index >= 15 is 0 Å². The van der Waals surface area contributed by atoms with Gasteiger partial charge in [-0.1, -0.05) is 182 Å². The monoisotopic (exact) mass is 702 g/mol. The van der Waals surface area contributed by atoms with Crippen LogP contribution in [0.3, 0.4) is 0 Å². The van der Waals surface area contributed by atoms with Crippen LogP contribution in [0, 0.1) is 0 Å². The third-order valence-corrected chi connectivity index (χ3v) is 11.9. The van der Waals surface area contributed by atoms with Gasteiger partial charge in [-0.25, -0.2) is 0 Å². The zero-order valence-electron chi connectivity index (χ0n) is 29.9. The average Bonchev–Trinajstić information content (AvgIpc) is 3.53. The zero-order chi connectivity index (χ0) is 36.7. The van der Waals surface area contributed by atoms with Gasteiger partial charge in [0.25, 0.3) is 0 Å². The minimum atomic E-state index is -1.17. The fraction of sp³-hybridized carbons (Fsp3) is 0.0189. The van der Waals surface area contributed by atoms with E-state index in [4.69, 9.17) is 0 Å². The van der Waals surface area contributed by atoms with Gasteiger partial charge in [-0.2, -0.15) is 0 Å². The Morgan fingerprint density at radius 1 is 0.273 bits per heavy atom. The Morgan fingerprint density at radius 2 is 0.691 bits per heavy atom. The molecule has 2 heteroatoms. The van der Waals surface area contributed by atoms with Crippen LogP contribution in [0.4, 0.5) is 0 Å². The van der Waals surface area contributed by atoms with Crippen LogP contribution >= 0.6 is 0 Å². The van der Waals surface area contributed by atoms with Crippen LogP contribution < -0.4 is 0 Å². The molecule has 11 rings (SSSR count). The molecule has 0 fully saturated rings. The Kier molecular flexibility index (Phi) is 6.80. The Bertz CT molecular complexity index is 3090. The van der Waals surface area contributed by atoms with Crippen molar-refractivity contribution >= 4 is 43.1 Å². The molecule has 0 aliphatic heterocycles. The standard InChI is InChI=1S/C53H34O2/c54-47-31-27-35-15-3-7-21-39(35)50(47)53(51-40-22-8-4-16-36(40)28-32-48(51)55)46-26-10-9-23-42(46)45-30-29-44(41-24-11-17-33-13-1-5-19-37(33)41)49(52(45)53)43-25-12-18-34-14-2-6-20-38(34)43/h1-32,54-55H. The van der Waals surface area contributed by atoms with Gasteiger partial charge in [-0.05, 0) is 99.7 Å². The Morgan fingerprint density at radius 3 is 1.29 bits per heavy atom. The summed E-state index contributed by atoms with van der Waals surface area (Å²) in [5.74, 6) is 0.348. The highest BCUT2D eigenvalue weighted by Crippen LogP contribution is 2.65. The van der Waals surface area contributed by atoms with Crippen LogP contribution in [0.1, 0.15) is 22.3 Å². The summed E-state index contributed by atoms with van der Waals surface area (Å²) in [6.07, 6.45) is 0. The molecule has 0 spiro atoms. The number of phenolic OH excluding ortho intramolecular Hbond substituents is 2. The Labute approximate surface area is 318 Å². The van der Waals surface area contributed by atoms with Crippen molar-refractivity contribution in [2.75, 3.05) is 0 Å². The van der Waals surface area contributed by atoms with Crippen LogP contribution in [0.25, 0.3) is 76.5 Å². The summed E-state index contributed by atoms with van der Waals surface area (Å²) >= 11 is 0. The molecule has 0 aromatic heterocycles. The first kappa shape index (κ1) is 31.4. The van der Waals surface area contributed by atoms with Crippen molar-refractivity contribution < 1.29 is 10.2 Å². The van der Waals surface area contributed by atoms with Crippen molar-refractivity contribution in [2.45, 2.75) is 5.41 Å². The lowest BCUT2D eigenvalue weighted by Gasteiger charge is -2.38. The molecule has 0 amide bonds. The quantitative estimate of drug-likeness (QED) is 0.192. The first-order chi connectivity index (χ1) is 27.1. The molecular formula is C53H34O2. The molecule has 55 heavy (non-hydrogen) atoms. The molecule has 0 atom stereocenters. The number of hydrogen-bond acceptors (Lipinski definition) is 2. The largest absolute Gasteiger partial charge is 0.508 e. The summed E-state index contributed by atoms with van der Waals surface area (Å²) < 4.78 is 0. The summed E-state index contributed by atoms with van der Waals surface area (Å²) in [6, 6.07) is 67.7. The normalized spacial score (nSPS) is 13.0. The van der Waals surface area contributed by atoms with E-state index in [0.717, 1.165) is 98.7 Å². The summed E-state index contributed by atoms with van der Waals surface area (Å²) in [5, 5.41) is 33.7. The van der Waals surface area contributed by atoms with E-state index in [1.54, 1.807) is 0 Å². The molecule has 2 nitrogen and oxygen atoms in total. The van der Waals surface area contributed by atoms with Gasteiger partial charge in [0.2, 0.25) is 0 Å². The van der Waals surface area contributed by atoms with E-state index in [-0.39, 0.29) is 11.5 Å². The van der Waals surface area contributed by atoms with Gasteiger partial charge < -0.3 is 10.2 Å². The number of fused-ring (bicyclic) bond motifs is 7. The van der Waals surface area contributed by atoms with E-state index in [9.17, 15) is 10.2 Å². The molecule has 1 aliphatic rings. The molecule has 0 radical (unpaired) electrons. The van der Waals surface area contributed by atoms with Gasteiger partial charge in [-0.15, -0.1) is 0 Å². The molecule has 0 heterocycles. The van der Waals surface area contributed by atoms with E-state index in [1.165, 1.54) is 0 Å². The molecule has 2 N–H and O–H groups in total. The van der Waals surface area contributed by atoms with E-state index in [2.05, 4.69) is 146 Å². The van der Waals surface area contributed by atoms with E-state index < -0.39 is 5.41 Å². The summed E-state index contributed by atoms with van der Waals surface area (Å²) in [4.78, 5) is 0. The van der Waals surface area contributed by atoms with Crippen LogP contribution in [-0.4, -0.2) is 10.2 Å². The third-order valence-electron chi connectivity index (χ3n) is 11.9. The van der Waals surface area contributed by atoms with Gasteiger partial charge in [-0.3, -0.25) is 0 Å². The molecular weight excluding hydrogens is 669 g/mol. The molecule has 0 saturated heterocycles. The lowest BCUT2D eigenvalue weighted by atomic mass is 9.62. The molecule has 10 aromatic rings. The maximum atomic E-state index is 12.6. The minimum absolute atomic E-state index is 0.174. The fourth-order valence-electron chi connectivity index (χ4n) is 9.76. The zero-order valence-corrected chi connectivity index (χ0v) is 29.9. The summed E-state index contributed by atoms with van der Waals surface area (Å²) in [5.41, 5.74) is 8.89. The Balaban J connectivity index is 1.46. The van der Waals surface area contributed by atoms with Crippen molar-refractivity contribution in [1.82, 2.24) is 0 Å². The predicted octanol–water partition coefficient (Wildman–Crippen LogP) is 13.4. The van der Waals surface area contributed by atoms with Crippen LogP contribution in [-0.2, 0) is 5.41 Å². The lowest BCUT2D eigenvalue weighted by Crippen LogP contribution is -2.30. The molecule has 1 aliphatic carbocycles.